The zero-order chi connectivity index (χ0) is 18.6. The summed E-state index contributed by atoms with van der Waals surface area (Å²) in [6, 6.07) is 13.9. The van der Waals surface area contributed by atoms with Crippen LogP contribution in [0.3, 0.4) is 0 Å². The van der Waals surface area contributed by atoms with Crippen LogP contribution in [0.1, 0.15) is 24.1 Å². The fraction of sp³-hybridized carbons (Fsp3) is 0.318. The van der Waals surface area contributed by atoms with Gasteiger partial charge in [-0.1, -0.05) is 30.3 Å². The van der Waals surface area contributed by atoms with Crippen molar-refractivity contribution < 1.29 is 9.53 Å². The minimum Gasteiger partial charge on any atom is -0.409 e. The lowest BCUT2D eigenvalue weighted by molar-refractivity contribution is 0.135. The van der Waals surface area contributed by atoms with Crippen LogP contribution in [0.25, 0.3) is 0 Å². The van der Waals surface area contributed by atoms with E-state index in [0.29, 0.717) is 24.8 Å². The number of allylic oxidation sites excluding steroid dienone is 1. The molecule has 2 aromatic rings. The summed E-state index contributed by atoms with van der Waals surface area (Å²) in [6.45, 7) is 4.09. The molecule has 0 saturated carbocycles. The summed E-state index contributed by atoms with van der Waals surface area (Å²) in [5, 5.41) is 0. The first kappa shape index (κ1) is 17.5. The predicted octanol–water partition coefficient (Wildman–Crippen LogP) is 4.03. The molecule has 5 heteroatoms. The van der Waals surface area contributed by atoms with Crippen molar-refractivity contribution in [2.75, 3.05) is 19.6 Å². The topological polar surface area (TPSA) is 54.8 Å². The number of carbonyl (C=O) groups is 1. The number of rotatable bonds is 3. The van der Waals surface area contributed by atoms with Crippen LogP contribution in [-0.4, -0.2) is 41.3 Å². The first-order valence-corrected chi connectivity index (χ1v) is 9.39. The highest BCUT2D eigenvalue weighted by Gasteiger charge is 2.27. The number of benzene rings is 1. The molecule has 2 aliphatic rings. The molecule has 0 spiro atoms. The zero-order valence-corrected chi connectivity index (χ0v) is 15.5. The monoisotopic (exact) mass is 361 g/mol. The fourth-order valence-electron chi connectivity index (χ4n) is 3.59. The third-order valence-corrected chi connectivity index (χ3v) is 5.19. The number of likely N-dealkylation sites (tertiary alicyclic amines) is 1. The van der Waals surface area contributed by atoms with Crippen LogP contribution in [0.15, 0.2) is 65.3 Å². The van der Waals surface area contributed by atoms with Gasteiger partial charge in [0.25, 0.3) is 0 Å². The van der Waals surface area contributed by atoms with Crippen molar-refractivity contribution in [3.8, 4) is 5.75 Å². The molecule has 1 amide bonds. The second-order valence-corrected chi connectivity index (χ2v) is 7.05. The van der Waals surface area contributed by atoms with E-state index in [2.05, 4.69) is 23.2 Å². The highest BCUT2D eigenvalue weighted by Crippen LogP contribution is 2.28. The number of amides is 1. The molecular formula is C22H23N3O2. The number of pyridine rings is 1. The van der Waals surface area contributed by atoms with Crippen molar-refractivity contribution in [2.45, 2.75) is 19.8 Å². The number of hydrogen-bond acceptors (Lipinski definition) is 4. The molecule has 1 saturated heterocycles. The highest BCUT2D eigenvalue weighted by atomic mass is 16.6. The maximum atomic E-state index is 12.4. The second kappa shape index (κ2) is 7.74. The fourth-order valence-corrected chi connectivity index (χ4v) is 3.59. The van der Waals surface area contributed by atoms with Gasteiger partial charge < -0.3 is 9.64 Å². The van der Waals surface area contributed by atoms with Crippen LogP contribution in [-0.2, 0) is 0 Å². The minimum absolute atomic E-state index is 0.291. The summed E-state index contributed by atoms with van der Waals surface area (Å²) in [4.78, 5) is 23.0. The normalized spacial score (nSPS) is 17.4. The van der Waals surface area contributed by atoms with Gasteiger partial charge in [0.2, 0.25) is 0 Å². The average molecular weight is 361 g/mol. The third kappa shape index (κ3) is 4.08. The molecule has 0 bridgehead atoms. The molecule has 3 heterocycles. The first-order valence-electron chi connectivity index (χ1n) is 9.39. The summed E-state index contributed by atoms with van der Waals surface area (Å²) in [7, 11) is 0. The molecule has 0 unspecified atom stereocenters. The number of piperidine rings is 1. The molecule has 27 heavy (non-hydrogen) atoms. The van der Waals surface area contributed by atoms with E-state index < -0.39 is 0 Å². The van der Waals surface area contributed by atoms with E-state index in [1.807, 2.05) is 31.2 Å². The smallest absolute Gasteiger partial charge is 0.409 e. The Kier molecular flexibility index (Phi) is 5.01. The summed E-state index contributed by atoms with van der Waals surface area (Å²) >= 11 is 0. The molecular weight excluding hydrogens is 338 g/mol. The molecule has 138 valence electrons. The van der Waals surface area contributed by atoms with Gasteiger partial charge in [-0.25, -0.2) is 4.79 Å². The van der Waals surface area contributed by atoms with Crippen LogP contribution in [0.5, 0.6) is 5.75 Å². The summed E-state index contributed by atoms with van der Waals surface area (Å²) in [6.07, 6.45) is 5.42. The highest BCUT2D eigenvalue weighted by molar-refractivity contribution is 6.10. The molecule has 0 atom stereocenters. The molecule has 0 radical (unpaired) electrons. The van der Waals surface area contributed by atoms with Gasteiger partial charge in [-0.3, -0.25) is 9.98 Å². The largest absolute Gasteiger partial charge is 0.415 e. The van der Waals surface area contributed by atoms with Gasteiger partial charge >= 0.3 is 6.09 Å². The van der Waals surface area contributed by atoms with Gasteiger partial charge in [0, 0.05) is 18.8 Å². The molecule has 1 fully saturated rings. The van der Waals surface area contributed by atoms with E-state index in [9.17, 15) is 4.79 Å². The molecule has 0 N–H and O–H groups in total. The van der Waals surface area contributed by atoms with Crippen LogP contribution in [0, 0.1) is 12.8 Å². The summed E-state index contributed by atoms with van der Waals surface area (Å²) in [5.41, 5.74) is 4.52. The Bertz CT molecular complexity index is 864. The van der Waals surface area contributed by atoms with Crippen LogP contribution in [0.2, 0.25) is 0 Å². The Morgan fingerprint density at radius 3 is 2.59 bits per heavy atom. The molecule has 1 aromatic heterocycles. The van der Waals surface area contributed by atoms with Gasteiger partial charge in [-0.05, 0) is 55.0 Å². The molecule has 0 aliphatic carbocycles. The van der Waals surface area contributed by atoms with Gasteiger partial charge in [-0.2, -0.15) is 0 Å². The average Bonchev–Trinajstić information content (AvgIpc) is 3.21. The molecule has 5 nitrogen and oxygen atoms in total. The number of nitrogens with zero attached hydrogens (tertiary/aromatic N) is 3. The molecule has 4 rings (SSSR count). The van der Waals surface area contributed by atoms with Crippen molar-refractivity contribution >= 4 is 11.8 Å². The van der Waals surface area contributed by atoms with Crippen molar-refractivity contribution in [3.05, 3.63) is 71.6 Å². The Hall–Kier alpha value is -2.95. The lowest BCUT2D eigenvalue weighted by Crippen LogP contribution is -2.40. The Labute approximate surface area is 159 Å². The number of aromatic nitrogens is 1. The van der Waals surface area contributed by atoms with Crippen LogP contribution in [0.4, 0.5) is 4.79 Å². The van der Waals surface area contributed by atoms with Crippen molar-refractivity contribution in [1.82, 2.24) is 9.88 Å². The Balaban J connectivity index is 1.31. The number of aryl methyl sites for hydroxylation is 1. The quantitative estimate of drug-likeness (QED) is 0.829. The minimum atomic E-state index is -0.291. The van der Waals surface area contributed by atoms with Crippen molar-refractivity contribution in [2.24, 2.45) is 10.9 Å². The molecule has 1 aromatic carbocycles. The summed E-state index contributed by atoms with van der Waals surface area (Å²) < 4.78 is 5.43. The lowest BCUT2D eigenvalue weighted by Gasteiger charge is -2.31. The number of ether oxygens (including phenoxy) is 1. The van der Waals surface area contributed by atoms with E-state index in [1.54, 1.807) is 17.2 Å². The van der Waals surface area contributed by atoms with Crippen LogP contribution >= 0.6 is 0 Å². The Morgan fingerprint density at radius 1 is 1.11 bits per heavy atom. The zero-order valence-electron chi connectivity index (χ0n) is 15.5. The predicted molar refractivity (Wildman–Crippen MR) is 105 cm³/mol. The van der Waals surface area contributed by atoms with Gasteiger partial charge in [0.05, 0.1) is 18.5 Å². The standard InChI is InChI=1S/C22H23N3O2/c1-16-7-8-20(15-23-16)27-22(26)25-11-9-17(10-12-25)19-13-21(24-14-19)18-5-3-2-4-6-18/h2-8,13,15,17H,9-12,14H2,1H3. The summed E-state index contributed by atoms with van der Waals surface area (Å²) in [5.74, 6) is 0.979. The SMILES string of the molecule is Cc1ccc(OC(=O)N2CCC(C3=CC(c4ccccc4)=NC3)CC2)cn1. The van der Waals surface area contributed by atoms with E-state index in [0.717, 1.165) is 30.8 Å². The molecule has 2 aliphatic heterocycles. The first-order chi connectivity index (χ1) is 13.2. The van der Waals surface area contributed by atoms with Gasteiger partial charge in [0.1, 0.15) is 0 Å². The van der Waals surface area contributed by atoms with E-state index in [1.165, 1.54) is 11.1 Å². The van der Waals surface area contributed by atoms with Crippen molar-refractivity contribution in [3.63, 3.8) is 0 Å². The van der Waals surface area contributed by atoms with E-state index in [4.69, 9.17) is 9.73 Å². The van der Waals surface area contributed by atoms with Gasteiger partial charge in [-0.15, -0.1) is 0 Å². The lowest BCUT2D eigenvalue weighted by atomic mass is 9.89. The number of aliphatic imine (C=N–C) groups is 1. The maximum absolute atomic E-state index is 12.4. The number of hydrogen-bond donors (Lipinski definition) is 0. The maximum Gasteiger partial charge on any atom is 0.415 e. The van der Waals surface area contributed by atoms with Crippen LogP contribution < -0.4 is 4.74 Å². The van der Waals surface area contributed by atoms with E-state index in [-0.39, 0.29) is 6.09 Å². The third-order valence-electron chi connectivity index (χ3n) is 5.19. The Morgan fingerprint density at radius 2 is 1.89 bits per heavy atom. The van der Waals surface area contributed by atoms with Gasteiger partial charge in [0.15, 0.2) is 5.75 Å². The second-order valence-electron chi connectivity index (χ2n) is 7.05. The van der Waals surface area contributed by atoms with Crippen molar-refractivity contribution in [1.29, 1.82) is 0 Å². The number of carbonyl (C=O) groups excluding carboxylic acids is 1. The van der Waals surface area contributed by atoms with E-state index >= 15 is 0 Å².